The maximum Gasteiger partial charge on any atom is 0.185 e. The number of aryl methyl sites for hydroxylation is 1. The third-order valence-corrected chi connectivity index (χ3v) is 12.4. The first kappa shape index (κ1) is 27.5. The number of Topliss-reactive ketones (excluding diaryl/α,β-unsaturated/α-hetero) is 1. The van der Waals surface area contributed by atoms with E-state index in [1.807, 2.05) is 0 Å². The summed E-state index contributed by atoms with van der Waals surface area (Å²) in [4.78, 5) is 14.7. The predicted octanol–water partition coefficient (Wildman–Crippen LogP) is 5.39. The van der Waals surface area contributed by atoms with Gasteiger partial charge in [0.1, 0.15) is 5.78 Å². The summed E-state index contributed by atoms with van der Waals surface area (Å²) in [7, 11) is 1.48. The fourth-order valence-electron chi connectivity index (χ4n) is 10.3. The molecule has 5 nitrogen and oxygen atoms in total. The van der Waals surface area contributed by atoms with E-state index < -0.39 is 28.6 Å². The van der Waals surface area contributed by atoms with Gasteiger partial charge in [-0.3, -0.25) is 4.79 Å². The van der Waals surface area contributed by atoms with Gasteiger partial charge in [-0.1, -0.05) is 85.8 Å². The number of rotatable bonds is 2. The molecule has 9 unspecified atom stereocenters. The van der Waals surface area contributed by atoms with E-state index in [0.29, 0.717) is 19.3 Å². The number of hydrogen-bond acceptors (Lipinski definition) is 5. The van der Waals surface area contributed by atoms with Crippen LogP contribution in [0.3, 0.4) is 0 Å². The van der Waals surface area contributed by atoms with Crippen LogP contribution < -0.4 is 0 Å². The maximum atomic E-state index is 14.7. The van der Waals surface area contributed by atoms with Gasteiger partial charge in [-0.25, -0.2) is 0 Å². The standard InChI is InChI=1S/C38H40O5/c1-21-34-29(20-39)19-37(38(34,42)43-3)32(40)12-8-22-5-4-6-25(13-22)30-11-10-26-16-28-15-24-9-7-23(18-36(21,37)2)14-27(24)17-31(28)33(30)35(26)41/h4-7,9-11,13-15,17,26,29-30,33-35,39,41-42H,1,8,12,16,18-20H2,2-3H3. The van der Waals surface area contributed by atoms with E-state index in [4.69, 9.17) is 4.74 Å². The number of aliphatic hydroxyl groups excluding tert-OH is 2. The number of ketones is 1. The maximum absolute atomic E-state index is 14.7. The number of hydrogen-bond donors (Lipinski definition) is 3. The van der Waals surface area contributed by atoms with Crippen molar-refractivity contribution < 1.29 is 24.9 Å². The molecule has 2 saturated carbocycles. The fourth-order valence-corrected chi connectivity index (χ4v) is 10.3. The second-order valence-corrected chi connectivity index (χ2v) is 14.2. The van der Waals surface area contributed by atoms with Crippen LogP contribution >= 0.6 is 0 Å². The molecule has 0 saturated heterocycles. The van der Waals surface area contributed by atoms with Crippen LogP contribution in [0, 0.1) is 28.6 Å². The van der Waals surface area contributed by atoms with E-state index in [9.17, 15) is 20.1 Å². The Morgan fingerprint density at radius 1 is 1.02 bits per heavy atom. The van der Waals surface area contributed by atoms with Crippen molar-refractivity contribution in [1.29, 1.82) is 0 Å². The van der Waals surface area contributed by atoms with Crippen molar-refractivity contribution >= 4 is 16.6 Å². The topological polar surface area (TPSA) is 87.0 Å². The summed E-state index contributed by atoms with van der Waals surface area (Å²) in [6, 6.07) is 19.6. The number of carbonyl (C=O) groups is 1. The summed E-state index contributed by atoms with van der Waals surface area (Å²) in [5.41, 5.74) is 4.59. The van der Waals surface area contributed by atoms with Gasteiger partial charge in [0.05, 0.1) is 11.5 Å². The molecule has 43 heavy (non-hydrogen) atoms. The van der Waals surface area contributed by atoms with E-state index in [0.717, 1.165) is 39.5 Å². The highest BCUT2D eigenvalue weighted by Crippen LogP contribution is 2.74. The SMILES string of the molecule is C=C1C2C(CO)CC3(C(=O)CCc4cccc(c4)C4C=CC5Cc6cc7ccc(cc7cc6C4C5O)CC13C)C2(O)OC. The summed E-state index contributed by atoms with van der Waals surface area (Å²) in [5.74, 6) is -2.48. The largest absolute Gasteiger partial charge is 0.396 e. The molecule has 9 bridgehead atoms. The van der Waals surface area contributed by atoms with Gasteiger partial charge in [-0.2, -0.15) is 0 Å². The third kappa shape index (κ3) is 3.40. The lowest BCUT2D eigenvalue weighted by Gasteiger charge is -2.48. The van der Waals surface area contributed by atoms with Crippen LogP contribution in [0.25, 0.3) is 10.8 Å². The minimum absolute atomic E-state index is 0.0325. The first-order valence-electron chi connectivity index (χ1n) is 15.8. The van der Waals surface area contributed by atoms with Crippen molar-refractivity contribution in [2.45, 2.75) is 62.8 Å². The van der Waals surface area contributed by atoms with Crippen molar-refractivity contribution in [3.8, 4) is 0 Å². The Kier molecular flexibility index (Phi) is 5.88. The van der Waals surface area contributed by atoms with E-state index in [1.165, 1.54) is 18.2 Å². The smallest absolute Gasteiger partial charge is 0.185 e. The van der Waals surface area contributed by atoms with Crippen molar-refractivity contribution in [3.63, 3.8) is 0 Å². The van der Waals surface area contributed by atoms with Crippen molar-refractivity contribution in [2.24, 2.45) is 28.6 Å². The fraction of sp³-hybridized carbons (Fsp3) is 0.447. The van der Waals surface area contributed by atoms with E-state index in [-0.39, 0.29) is 42.5 Å². The molecule has 8 rings (SSSR count). The zero-order valence-corrected chi connectivity index (χ0v) is 24.9. The van der Waals surface area contributed by atoms with Gasteiger partial charge in [0.2, 0.25) is 0 Å². The van der Waals surface area contributed by atoms with Gasteiger partial charge >= 0.3 is 0 Å². The number of methoxy groups -OCH3 is 1. The molecule has 3 N–H and O–H groups in total. The zero-order valence-electron chi connectivity index (χ0n) is 24.9. The van der Waals surface area contributed by atoms with Gasteiger partial charge in [-0.15, -0.1) is 0 Å². The van der Waals surface area contributed by atoms with Crippen LogP contribution in [0.2, 0.25) is 0 Å². The summed E-state index contributed by atoms with van der Waals surface area (Å²) in [6.45, 7) is 6.44. The summed E-state index contributed by atoms with van der Waals surface area (Å²) < 4.78 is 5.93. The molecule has 5 aliphatic rings. The first-order chi connectivity index (χ1) is 20.6. The number of allylic oxidation sites excluding steroid dienone is 1. The molecule has 9 atom stereocenters. The minimum atomic E-state index is -1.74. The van der Waals surface area contributed by atoms with Crippen LogP contribution in [0.1, 0.15) is 59.4 Å². The average Bonchev–Trinajstić information content (AvgIpc) is 3.35. The lowest BCUT2D eigenvalue weighted by Crippen LogP contribution is -2.56. The molecule has 5 heteroatoms. The van der Waals surface area contributed by atoms with Crippen LogP contribution in [-0.4, -0.2) is 46.7 Å². The first-order valence-corrected chi connectivity index (χ1v) is 15.8. The highest BCUT2D eigenvalue weighted by Gasteiger charge is 2.80. The van der Waals surface area contributed by atoms with E-state index in [1.54, 1.807) is 0 Å². The van der Waals surface area contributed by atoms with Crippen LogP contribution in [0.4, 0.5) is 0 Å². The minimum Gasteiger partial charge on any atom is -0.396 e. The van der Waals surface area contributed by atoms with Crippen LogP contribution in [0.15, 0.2) is 78.9 Å². The monoisotopic (exact) mass is 576 g/mol. The van der Waals surface area contributed by atoms with Gasteiger partial charge in [0.15, 0.2) is 5.79 Å². The second kappa shape index (κ2) is 9.21. The Bertz CT molecular complexity index is 1720. The molecule has 0 aromatic heterocycles. The average molecular weight is 577 g/mol. The van der Waals surface area contributed by atoms with Gasteiger partial charge in [0, 0.05) is 49.2 Å². The molecule has 0 heterocycles. The number of benzene rings is 3. The van der Waals surface area contributed by atoms with Gasteiger partial charge < -0.3 is 20.1 Å². The predicted molar refractivity (Wildman–Crippen MR) is 166 cm³/mol. The van der Waals surface area contributed by atoms with Crippen LogP contribution in [0.5, 0.6) is 0 Å². The summed E-state index contributed by atoms with van der Waals surface area (Å²) in [5, 5.41) is 36.5. The van der Waals surface area contributed by atoms with E-state index in [2.05, 4.69) is 80.3 Å². The summed E-state index contributed by atoms with van der Waals surface area (Å²) >= 11 is 0. The molecule has 5 aliphatic carbocycles. The number of aliphatic hydroxyl groups is 3. The quantitative estimate of drug-likeness (QED) is 0.281. The Labute approximate surface area is 252 Å². The lowest BCUT2D eigenvalue weighted by atomic mass is 9.55. The molecule has 3 aromatic rings. The summed E-state index contributed by atoms with van der Waals surface area (Å²) in [6.07, 6.45) is 6.53. The highest BCUT2D eigenvalue weighted by molar-refractivity contribution is 5.90. The molecular weight excluding hydrogens is 536 g/mol. The van der Waals surface area contributed by atoms with Gasteiger partial charge in [-0.05, 0) is 70.2 Å². The van der Waals surface area contributed by atoms with Crippen molar-refractivity contribution in [2.75, 3.05) is 13.7 Å². The zero-order chi connectivity index (χ0) is 29.9. The van der Waals surface area contributed by atoms with Crippen LogP contribution in [-0.2, 0) is 28.8 Å². The number of carbonyl (C=O) groups excluding carboxylic acids is 1. The molecule has 1 spiro atoms. The Balaban J connectivity index is 1.36. The van der Waals surface area contributed by atoms with Crippen molar-refractivity contribution in [1.82, 2.24) is 0 Å². The molecule has 0 radical (unpaired) electrons. The Morgan fingerprint density at radius 3 is 2.65 bits per heavy atom. The number of fused-ring (bicyclic) bond motifs is 6. The molecular formula is C38H40O5. The molecule has 0 aliphatic heterocycles. The Morgan fingerprint density at radius 2 is 1.86 bits per heavy atom. The van der Waals surface area contributed by atoms with Gasteiger partial charge in [0.25, 0.3) is 0 Å². The molecule has 2 fully saturated rings. The third-order valence-electron chi connectivity index (χ3n) is 12.4. The molecule has 3 aromatic carbocycles. The normalized spacial score (nSPS) is 39.3. The number of ether oxygens (including phenoxy) is 1. The van der Waals surface area contributed by atoms with Crippen molar-refractivity contribution in [3.05, 3.63) is 107 Å². The van der Waals surface area contributed by atoms with E-state index >= 15 is 0 Å². The molecule has 222 valence electrons. The lowest BCUT2D eigenvalue weighted by molar-refractivity contribution is -0.254. The Hall–Kier alpha value is -3.09. The highest BCUT2D eigenvalue weighted by atomic mass is 16.6. The molecule has 0 amide bonds. The second-order valence-electron chi connectivity index (χ2n) is 14.2.